The van der Waals surface area contributed by atoms with E-state index in [1.165, 1.54) is 5.56 Å². The maximum absolute atomic E-state index is 14.9. The van der Waals surface area contributed by atoms with Crippen LogP contribution in [0.2, 0.25) is 0 Å². The molecular weight excluding hydrogens is 469 g/mol. The normalized spacial score (nSPS) is 19.8. The van der Waals surface area contributed by atoms with Gasteiger partial charge in [-0.1, -0.05) is 6.07 Å². The largest absolute Gasteiger partial charge is 0.493 e. The van der Waals surface area contributed by atoms with E-state index in [9.17, 15) is 14.3 Å². The second-order valence-electron chi connectivity index (χ2n) is 11.2. The highest BCUT2D eigenvalue weighted by atomic mass is 19.1. The maximum Gasteiger partial charge on any atom is 0.213 e. The van der Waals surface area contributed by atoms with E-state index in [1.807, 2.05) is 50.4 Å². The van der Waals surface area contributed by atoms with Gasteiger partial charge in [0.1, 0.15) is 24.0 Å². The number of nitrogens with zero attached hydrogens (tertiary/aromatic N) is 1. The lowest BCUT2D eigenvalue weighted by Crippen LogP contribution is -2.21. The highest BCUT2D eigenvalue weighted by molar-refractivity contribution is 5.84. The fourth-order valence-electron chi connectivity index (χ4n) is 5.62. The molecule has 5 nitrogen and oxygen atoms in total. The van der Waals surface area contributed by atoms with Gasteiger partial charge in [-0.05, 0) is 111 Å². The predicted octanol–water partition coefficient (Wildman–Crippen LogP) is 6.10. The van der Waals surface area contributed by atoms with Crippen LogP contribution < -0.4 is 9.47 Å². The first-order valence-corrected chi connectivity index (χ1v) is 12.9. The Bertz CT molecular complexity index is 1360. The van der Waals surface area contributed by atoms with E-state index in [0.717, 1.165) is 40.0 Å². The standard InChI is InChI=1S/C31H34FNO4/c1-17-10-22(36-9-8-31(4,5)35)6-7-23(17)24-13-21(27(32)11-18(24)2)16-37-28-14-20-12-25-29(19(3)34)30(25)26(20)15-33-28/h6-7,10-11,13-15,25,29-30,35H,8-9,12,16H2,1-5H3/t25-,29-,30+/m0/s1. The highest BCUT2D eigenvalue weighted by Crippen LogP contribution is 2.61. The molecule has 6 heteroatoms. The number of carbonyl (C=O) groups excluding carboxylic acids is 1. The summed E-state index contributed by atoms with van der Waals surface area (Å²) in [5.74, 6) is 2.04. The number of fused-ring (bicyclic) bond motifs is 3. The van der Waals surface area contributed by atoms with E-state index in [4.69, 9.17) is 9.47 Å². The second-order valence-corrected chi connectivity index (χ2v) is 11.2. The average Bonchev–Trinajstić information content (AvgIpc) is 3.41. The molecule has 0 unspecified atom stereocenters. The van der Waals surface area contributed by atoms with Gasteiger partial charge in [-0.15, -0.1) is 0 Å². The summed E-state index contributed by atoms with van der Waals surface area (Å²) >= 11 is 0. The molecule has 3 atom stereocenters. The van der Waals surface area contributed by atoms with E-state index in [1.54, 1.807) is 26.8 Å². The lowest BCUT2D eigenvalue weighted by molar-refractivity contribution is -0.118. The van der Waals surface area contributed by atoms with Gasteiger partial charge in [-0.25, -0.2) is 9.37 Å². The number of halogens is 1. The fraction of sp³-hybridized carbons (Fsp3) is 0.419. The molecule has 1 saturated carbocycles. The number of benzene rings is 2. The Balaban J connectivity index is 1.29. The van der Waals surface area contributed by atoms with Crippen LogP contribution in [0.3, 0.4) is 0 Å². The Morgan fingerprint density at radius 3 is 2.57 bits per heavy atom. The quantitative estimate of drug-likeness (QED) is 0.382. The molecule has 1 fully saturated rings. The minimum Gasteiger partial charge on any atom is -0.493 e. The molecule has 0 bridgehead atoms. The number of aromatic nitrogens is 1. The van der Waals surface area contributed by atoms with Crippen molar-refractivity contribution < 1.29 is 23.8 Å². The summed E-state index contributed by atoms with van der Waals surface area (Å²) in [4.78, 5) is 16.2. The van der Waals surface area contributed by atoms with E-state index in [-0.39, 0.29) is 24.1 Å². The van der Waals surface area contributed by atoms with Gasteiger partial charge >= 0.3 is 0 Å². The molecule has 37 heavy (non-hydrogen) atoms. The van der Waals surface area contributed by atoms with Gasteiger partial charge in [0.15, 0.2) is 0 Å². The number of aliphatic hydroxyl groups is 1. The molecule has 2 aliphatic rings. The number of ketones is 1. The number of ether oxygens (including phenoxy) is 2. The third kappa shape index (κ3) is 5.26. The van der Waals surface area contributed by atoms with Gasteiger partial charge in [0.05, 0.1) is 12.2 Å². The van der Waals surface area contributed by atoms with Gasteiger partial charge in [0.2, 0.25) is 5.88 Å². The van der Waals surface area contributed by atoms with Crippen molar-refractivity contribution in [1.29, 1.82) is 0 Å². The monoisotopic (exact) mass is 503 g/mol. The number of pyridine rings is 1. The first-order valence-electron chi connectivity index (χ1n) is 12.9. The number of aryl methyl sites for hydroxylation is 2. The molecule has 0 aliphatic heterocycles. The zero-order chi connectivity index (χ0) is 26.5. The summed E-state index contributed by atoms with van der Waals surface area (Å²) in [7, 11) is 0. The van der Waals surface area contributed by atoms with Crippen LogP contribution in [-0.4, -0.2) is 28.1 Å². The van der Waals surface area contributed by atoms with Crippen LogP contribution in [0.25, 0.3) is 11.1 Å². The Morgan fingerprint density at radius 1 is 1.11 bits per heavy atom. The fourth-order valence-corrected chi connectivity index (χ4v) is 5.62. The van der Waals surface area contributed by atoms with Gasteiger partial charge < -0.3 is 14.6 Å². The van der Waals surface area contributed by atoms with Crippen LogP contribution in [-0.2, 0) is 17.8 Å². The molecule has 0 spiro atoms. The van der Waals surface area contributed by atoms with Crippen molar-refractivity contribution in [3.05, 3.63) is 76.2 Å². The van der Waals surface area contributed by atoms with Crippen LogP contribution in [0.15, 0.2) is 42.6 Å². The van der Waals surface area contributed by atoms with E-state index in [2.05, 4.69) is 4.98 Å². The Kier molecular flexibility index (Phi) is 6.57. The van der Waals surface area contributed by atoms with Crippen molar-refractivity contribution in [2.45, 2.75) is 65.6 Å². The van der Waals surface area contributed by atoms with Crippen molar-refractivity contribution in [2.75, 3.05) is 6.61 Å². The molecular formula is C31H34FNO4. The van der Waals surface area contributed by atoms with E-state index >= 15 is 0 Å². The van der Waals surface area contributed by atoms with Crippen molar-refractivity contribution in [3.8, 4) is 22.8 Å². The predicted molar refractivity (Wildman–Crippen MR) is 140 cm³/mol. The third-order valence-corrected chi connectivity index (χ3v) is 7.69. The van der Waals surface area contributed by atoms with E-state index in [0.29, 0.717) is 36.3 Å². The minimum atomic E-state index is -0.771. The molecule has 0 saturated heterocycles. The molecule has 0 amide bonds. The minimum absolute atomic E-state index is 0.0744. The smallest absolute Gasteiger partial charge is 0.213 e. The van der Waals surface area contributed by atoms with Crippen molar-refractivity contribution in [3.63, 3.8) is 0 Å². The van der Waals surface area contributed by atoms with Gasteiger partial charge in [0, 0.05) is 30.2 Å². The molecule has 0 radical (unpaired) electrons. The van der Waals surface area contributed by atoms with Gasteiger partial charge in [0.25, 0.3) is 0 Å². The van der Waals surface area contributed by atoms with Crippen LogP contribution in [0.1, 0.15) is 60.9 Å². The number of carbonyl (C=O) groups is 1. The average molecular weight is 504 g/mol. The van der Waals surface area contributed by atoms with Crippen LogP contribution in [0.5, 0.6) is 11.6 Å². The van der Waals surface area contributed by atoms with Crippen molar-refractivity contribution >= 4 is 5.78 Å². The summed E-state index contributed by atoms with van der Waals surface area (Å²) in [6.07, 6.45) is 3.24. The first-order chi connectivity index (χ1) is 17.5. The van der Waals surface area contributed by atoms with Gasteiger partial charge in [-0.3, -0.25) is 4.79 Å². The van der Waals surface area contributed by atoms with Gasteiger partial charge in [-0.2, -0.15) is 0 Å². The summed E-state index contributed by atoms with van der Waals surface area (Å²) in [6.45, 7) is 9.60. The summed E-state index contributed by atoms with van der Waals surface area (Å²) in [6, 6.07) is 11.2. The topological polar surface area (TPSA) is 68.7 Å². The molecule has 1 aromatic heterocycles. The molecule has 1 heterocycles. The highest BCUT2D eigenvalue weighted by Gasteiger charge is 2.58. The van der Waals surface area contributed by atoms with Crippen molar-refractivity contribution in [1.82, 2.24) is 4.98 Å². The summed E-state index contributed by atoms with van der Waals surface area (Å²) in [5, 5.41) is 9.88. The molecule has 2 aliphatic carbocycles. The summed E-state index contributed by atoms with van der Waals surface area (Å²) in [5.41, 5.74) is 5.84. The number of hydrogen-bond acceptors (Lipinski definition) is 5. The molecule has 2 aromatic carbocycles. The van der Waals surface area contributed by atoms with Crippen molar-refractivity contribution in [2.24, 2.45) is 11.8 Å². The first kappa shape index (κ1) is 25.4. The SMILES string of the molecule is CC(=O)[C@H]1[C@@H]2Cc3cc(OCc4cc(-c5ccc(OCCC(C)(C)O)cc5C)c(C)cc4F)ncc3[C@@H]21. The second kappa shape index (κ2) is 9.56. The zero-order valence-electron chi connectivity index (χ0n) is 22.1. The third-order valence-electron chi connectivity index (χ3n) is 7.69. The molecule has 1 N–H and O–H groups in total. The molecule has 3 aromatic rings. The lowest BCUT2D eigenvalue weighted by Gasteiger charge is -2.18. The summed E-state index contributed by atoms with van der Waals surface area (Å²) < 4.78 is 26.6. The Morgan fingerprint density at radius 2 is 1.86 bits per heavy atom. The Labute approximate surface area is 217 Å². The van der Waals surface area contributed by atoms with Crippen LogP contribution in [0.4, 0.5) is 4.39 Å². The number of hydrogen-bond donors (Lipinski definition) is 1. The molecule has 5 rings (SSSR count). The zero-order valence-corrected chi connectivity index (χ0v) is 22.1. The molecule has 194 valence electrons. The lowest BCUT2D eigenvalue weighted by atomic mass is 9.94. The Hall–Kier alpha value is -3.25. The number of Topliss-reactive ketones (excluding diaryl/α,β-unsaturated/α-hetero) is 1. The van der Waals surface area contributed by atoms with E-state index < -0.39 is 5.60 Å². The van der Waals surface area contributed by atoms with Crippen LogP contribution >= 0.6 is 0 Å². The number of rotatable bonds is 9. The van der Waals surface area contributed by atoms with Crippen LogP contribution in [0, 0.1) is 31.5 Å². The maximum atomic E-state index is 14.9.